The fraction of sp³-hybridized carbons (Fsp3) is 0.459. The van der Waals surface area contributed by atoms with Gasteiger partial charge < -0.3 is 20.5 Å². The number of alkyl halides is 5. The molecule has 2 unspecified atom stereocenters. The lowest BCUT2D eigenvalue weighted by molar-refractivity contribution is -0.192. The number of carboxylic acid groups (broad SMARTS) is 1. The quantitative estimate of drug-likeness (QED) is 0.192. The highest BCUT2D eigenvalue weighted by Gasteiger charge is 2.53. The van der Waals surface area contributed by atoms with E-state index in [2.05, 4.69) is 4.72 Å². The van der Waals surface area contributed by atoms with E-state index < -0.39 is 45.6 Å². The molecule has 15 heteroatoms. The first-order valence-electron chi connectivity index (χ1n) is 17.2. The van der Waals surface area contributed by atoms with Gasteiger partial charge in [0.05, 0.1) is 11.5 Å². The number of hydrogen-bond acceptors (Lipinski definition) is 6. The molecule has 4 N–H and O–H groups in total. The van der Waals surface area contributed by atoms with Crippen molar-refractivity contribution in [2.45, 2.75) is 98.9 Å². The molecule has 2 saturated heterocycles. The molecule has 1 amide bonds. The Morgan fingerprint density at radius 3 is 1.90 bits per heavy atom. The Bertz CT molecular complexity index is 1760. The summed E-state index contributed by atoms with van der Waals surface area (Å²) >= 11 is 0. The molecule has 2 aliphatic heterocycles. The summed E-state index contributed by atoms with van der Waals surface area (Å²) < 4.78 is 100.0. The third-order valence-electron chi connectivity index (χ3n) is 9.87. The van der Waals surface area contributed by atoms with Crippen molar-refractivity contribution in [3.8, 4) is 16.9 Å². The molecule has 3 aromatic rings. The summed E-state index contributed by atoms with van der Waals surface area (Å²) in [5.41, 5.74) is 7.31. The highest BCUT2D eigenvalue weighted by molar-refractivity contribution is 7.89. The number of nitrogens with two attached hydrogens (primary N) is 1. The zero-order valence-corrected chi connectivity index (χ0v) is 29.1. The standard InChI is InChI=1S/C35H41F2N3O4S.C2HF3O2/c36-35(37,27-13-11-26(12-14-27)25-9-5-2-6-10-25)33(34(41)40-29-15-16-30(40)22-28(38)21-29)39-45(42,43)32-19-17-31(18-20-32)44-23-24-7-3-1-4-8-24;3-2(4,5)1(6)7/h2,5-6,9-14,17-20,24,28-30,33,39H,1,3-4,7-8,15-16,21-23,38H2;(H,6,7)/t28?,29?,30?,33-;/m0./s1. The highest BCUT2D eigenvalue weighted by atomic mass is 32.2. The number of piperidine rings is 1. The van der Waals surface area contributed by atoms with Crippen LogP contribution in [0.3, 0.4) is 0 Å². The Labute approximate surface area is 299 Å². The second-order valence-corrected chi connectivity index (χ2v) is 15.3. The number of sulfonamides is 1. The first-order valence-corrected chi connectivity index (χ1v) is 18.7. The van der Waals surface area contributed by atoms with E-state index in [1.54, 1.807) is 12.1 Å². The van der Waals surface area contributed by atoms with Crippen molar-refractivity contribution >= 4 is 21.9 Å². The predicted octanol–water partition coefficient (Wildman–Crippen LogP) is 6.87. The van der Waals surface area contributed by atoms with Gasteiger partial charge in [0.2, 0.25) is 15.9 Å². The zero-order valence-electron chi connectivity index (χ0n) is 28.3. The molecular formula is C37H42F5N3O6S. The molecule has 1 aliphatic carbocycles. The van der Waals surface area contributed by atoms with Crippen LogP contribution in [0.15, 0.2) is 83.8 Å². The van der Waals surface area contributed by atoms with Crippen molar-refractivity contribution in [2.24, 2.45) is 11.7 Å². The number of hydrogen-bond donors (Lipinski definition) is 3. The Balaban J connectivity index is 0.000000679. The van der Waals surface area contributed by atoms with Gasteiger partial charge in [-0.3, -0.25) is 4.79 Å². The molecule has 2 bridgehead atoms. The lowest BCUT2D eigenvalue weighted by atomic mass is 9.90. The second kappa shape index (κ2) is 16.3. The largest absolute Gasteiger partial charge is 0.493 e. The van der Waals surface area contributed by atoms with E-state index in [-0.39, 0.29) is 23.0 Å². The maximum atomic E-state index is 16.5. The van der Waals surface area contributed by atoms with Crippen LogP contribution < -0.4 is 15.2 Å². The number of ether oxygens (including phenoxy) is 1. The minimum atomic E-state index is -5.08. The van der Waals surface area contributed by atoms with Crippen molar-refractivity contribution in [1.29, 1.82) is 0 Å². The molecule has 0 radical (unpaired) electrons. The van der Waals surface area contributed by atoms with Gasteiger partial charge in [-0.25, -0.2) is 13.2 Å². The van der Waals surface area contributed by atoms with Crippen LogP contribution in [0.25, 0.3) is 11.1 Å². The minimum Gasteiger partial charge on any atom is -0.493 e. The molecule has 3 aromatic carbocycles. The van der Waals surface area contributed by atoms with Crippen LogP contribution in [0.5, 0.6) is 5.75 Å². The highest BCUT2D eigenvalue weighted by Crippen LogP contribution is 2.40. The van der Waals surface area contributed by atoms with Crippen molar-refractivity contribution < 1.29 is 49.8 Å². The number of benzene rings is 3. The SMILES string of the molecule is NC1CC2CCC(C1)N2C(=O)[C@H](NS(=O)(=O)c1ccc(OCC2CCCCC2)cc1)C(F)(F)c1ccc(-c2ccccc2)cc1.O=C(O)C(F)(F)F. The molecule has 0 spiro atoms. The number of aliphatic carboxylic acids is 1. The molecule has 2 heterocycles. The molecule has 52 heavy (non-hydrogen) atoms. The number of halogens is 5. The summed E-state index contributed by atoms with van der Waals surface area (Å²) in [5.74, 6) is -6.55. The summed E-state index contributed by atoms with van der Waals surface area (Å²) in [6.07, 6.45) is 3.06. The van der Waals surface area contributed by atoms with Gasteiger partial charge in [0, 0.05) is 23.7 Å². The number of amides is 1. The molecule has 0 aromatic heterocycles. The number of nitrogens with one attached hydrogen (secondary N) is 1. The average Bonchev–Trinajstić information content (AvgIpc) is 3.40. The third kappa shape index (κ3) is 9.47. The normalized spacial score (nSPS) is 21.5. The third-order valence-corrected chi connectivity index (χ3v) is 11.3. The van der Waals surface area contributed by atoms with Crippen molar-refractivity contribution in [1.82, 2.24) is 9.62 Å². The molecule has 3 fully saturated rings. The van der Waals surface area contributed by atoms with E-state index in [1.165, 1.54) is 60.6 Å². The van der Waals surface area contributed by atoms with E-state index in [1.807, 2.05) is 30.3 Å². The monoisotopic (exact) mass is 751 g/mol. The van der Waals surface area contributed by atoms with Gasteiger partial charge in [-0.15, -0.1) is 0 Å². The van der Waals surface area contributed by atoms with Gasteiger partial charge >= 0.3 is 12.1 Å². The number of carboxylic acids is 1. The van der Waals surface area contributed by atoms with Crippen LogP contribution in [0, 0.1) is 5.92 Å². The van der Waals surface area contributed by atoms with E-state index in [9.17, 15) is 26.4 Å². The van der Waals surface area contributed by atoms with Crippen molar-refractivity contribution in [3.63, 3.8) is 0 Å². The Morgan fingerprint density at radius 2 is 1.37 bits per heavy atom. The van der Waals surface area contributed by atoms with Crippen LogP contribution >= 0.6 is 0 Å². The van der Waals surface area contributed by atoms with E-state index in [4.69, 9.17) is 20.4 Å². The zero-order chi connectivity index (χ0) is 37.7. The Morgan fingerprint density at radius 1 is 0.827 bits per heavy atom. The molecule has 9 nitrogen and oxygen atoms in total. The fourth-order valence-electron chi connectivity index (χ4n) is 7.20. The molecule has 3 atom stereocenters. The Kier molecular flexibility index (Phi) is 12.3. The topological polar surface area (TPSA) is 139 Å². The van der Waals surface area contributed by atoms with Crippen LogP contribution in [-0.2, 0) is 25.5 Å². The molecule has 282 valence electrons. The molecule has 3 aliphatic rings. The maximum absolute atomic E-state index is 16.5. The first kappa shape index (κ1) is 39.1. The minimum absolute atomic E-state index is 0.119. The second-order valence-electron chi connectivity index (χ2n) is 13.6. The predicted molar refractivity (Wildman–Crippen MR) is 183 cm³/mol. The maximum Gasteiger partial charge on any atom is 0.490 e. The number of carbonyl (C=O) groups excluding carboxylic acids is 1. The van der Waals surface area contributed by atoms with Gasteiger partial charge in [0.1, 0.15) is 5.75 Å². The smallest absolute Gasteiger partial charge is 0.490 e. The lowest BCUT2D eigenvalue weighted by Crippen LogP contribution is -2.60. The van der Waals surface area contributed by atoms with Crippen LogP contribution in [-0.4, -0.2) is 67.3 Å². The van der Waals surface area contributed by atoms with E-state index in [0.717, 1.165) is 24.0 Å². The van der Waals surface area contributed by atoms with Crippen LogP contribution in [0.4, 0.5) is 22.0 Å². The van der Waals surface area contributed by atoms with E-state index >= 15 is 8.78 Å². The van der Waals surface area contributed by atoms with Gasteiger partial charge in [0.25, 0.3) is 5.92 Å². The Hall–Kier alpha value is -4.08. The summed E-state index contributed by atoms with van der Waals surface area (Å²) in [6.45, 7) is 0.554. The summed E-state index contributed by atoms with van der Waals surface area (Å²) in [5, 5.41) is 7.12. The van der Waals surface area contributed by atoms with Gasteiger partial charge in [0.15, 0.2) is 6.04 Å². The first-order chi connectivity index (χ1) is 24.6. The number of fused-ring (bicyclic) bond motifs is 2. The lowest BCUT2D eigenvalue weighted by Gasteiger charge is -2.41. The molecule has 1 saturated carbocycles. The van der Waals surface area contributed by atoms with Crippen molar-refractivity contribution in [2.75, 3.05) is 6.61 Å². The number of carbonyl (C=O) groups is 2. The summed E-state index contributed by atoms with van der Waals surface area (Å²) in [7, 11) is -4.52. The number of rotatable bonds is 10. The number of nitrogens with zero attached hydrogens (tertiary/aromatic N) is 1. The van der Waals surface area contributed by atoms with Gasteiger partial charge in [-0.05, 0) is 79.8 Å². The summed E-state index contributed by atoms with van der Waals surface area (Å²) in [6, 6.07) is 17.6. The van der Waals surface area contributed by atoms with Crippen LogP contribution in [0.2, 0.25) is 0 Å². The fourth-order valence-corrected chi connectivity index (χ4v) is 8.39. The van der Waals surface area contributed by atoms with Crippen LogP contribution in [0.1, 0.15) is 63.4 Å². The van der Waals surface area contributed by atoms with Gasteiger partial charge in [-0.1, -0.05) is 73.9 Å². The van der Waals surface area contributed by atoms with Crippen molar-refractivity contribution in [3.05, 3.63) is 84.4 Å². The van der Waals surface area contributed by atoms with E-state index in [0.29, 0.717) is 44.0 Å². The molecule has 6 rings (SSSR count). The van der Waals surface area contributed by atoms with Gasteiger partial charge in [-0.2, -0.15) is 26.7 Å². The average molecular weight is 752 g/mol. The molecular weight excluding hydrogens is 709 g/mol. The summed E-state index contributed by atoms with van der Waals surface area (Å²) in [4.78, 5) is 24.2.